The number of nitrogens with one attached hydrogen (secondary N) is 1. The summed E-state index contributed by atoms with van der Waals surface area (Å²) < 4.78 is 82.7. The number of sulfone groups is 1. The van der Waals surface area contributed by atoms with Crippen LogP contribution in [0.3, 0.4) is 0 Å². The normalized spacial score (nSPS) is 20.1. The highest BCUT2D eigenvalue weighted by atomic mass is 32.2. The number of hydrogen-bond acceptors (Lipinski definition) is 8. The van der Waals surface area contributed by atoms with Gasteiger partial charge in [0.2, 0.25) is 0 Å². The molecule has 37 heavy (non-hydrogen) atoms. The van der Waals surface area contributed by atoms with Gasteiger partial charge < -0.3 is 18.9 Å². The first-order chi connectivity index (χ1) is 17.6. The molecule has 2 aromatic carbocycles. The lowest BCUT2D eigenvalue weighted by molar-refractivity contribution is -0.274. The summed E-state index contributed by atoms with van der Waals surface area (Å²) in [5.41, 5.74) is 2.30. The molecule has 13 heteroatoms. The van der Waals surface area contributed by atoms with Gasteiger partial charge in [-0.25, -0.2) is 18.7 Å². The second-order valence-electron chi connectivity index (χ2n) is 8.55. The molecule has 2 aliphatic rings. The zero-order chi connectivity index (χ0) is 26.5. The van der Waals surface area contributed by atoms with Crippen molar-refractivity contribution in [3.8, 4) is 17.2 Å². The topological polar surface area (TPSA) is 109 Å². The van der Waals surface area contributed by atoms with Gasteiger partial charge in [-0.2, -0.15) is 0 Å². The Hall–Kier alpha value is -2.87. The van der Waals surface area contributed by atoms with Gasteiger partial charge in [-0.05, 0) is 74.2 Å². The van der Waals surface area contributed by atoms with Gasteiger partial charge in [-0.15, -0.1) is 13.2 Å². The van der Waals surface area contributed by atoms with E-state index in [1.807, 2.05) is 0 Å². The maximum atomic E-state index is 13.7. The van der Waals surface area contributed by atoms with Crippen LogP contribution in [-0.2, 0) is 28.9 Å². The Kier molecular flexibility index (Phi) is 8.26. The third-order valence-corrected chi connectivity index (χ3v) is 8.59. The molecule has 0 saturated carbocycles. The number of amides is 1. The van der Waals surface area contributed by atoms with Gasteiger partial charge in [0, 0.05) is 26.2 Å². The zero-order valence-corrected chi connectivity index (χ0v) is 20.5. The van der Waals surface area contributed by atoms with E-state index >= 15 is 0 Å². The Morgan fingerprint density at radius 3 is 2.08 bits per heavy atom. The standard InChI is InChI=1S/C24H26F3NO8S/c25-24(26,27)35-19-6-4-17(5-7-19)34-18-8-10-20(11-9-18)37(30,31)23(12-15-32-16-13-23)22(29)28-36-21-3-1-2-14-33-21/h4-11,21H,1-3,12-16H2,(H,28,29). The summed E-state index contributed by atoms with van der Waals surface area (Å²) in [5.74, 6) is -0.731. The first-order valence-corrected chi connectivity index (χ1v) is 13.1. The van der Waals surface area contributed by atoms with Gasteiger partial charge in [0.05, 0.1) is 4.90 Å². The Morgan fingerprint density at radius 2 is 1.51 bits per heavy atom. The van der Waals surface area contributed by atoms with Crippen LogP contribution >= 0.6 is 0 Å². The molecule has 2 aliphatic heterocycles. The van der Waals surface area contributed by atoms with Crippen molar-refractivity contribution in [2.24, 2.45) is 0 Å². The Morgan fingerprint density at radius 1 is 0.919 bits per heavy atom. The van der Waals surface area contributed by atoms with Crippen molar-refractivity contribution < 1.29 is 50.2 Å². The minimum atomic E-state index is -4.81. The minimum absolute atomic E-state index is 0.0549. The second kappa shape index (κ2) is 11.3. The Balaban J connectivity index is 1.47. The number of ether oxygens (including phenoxy) is 4. The molecule has 1 unspecified atom stereocenters. The van der Waals surface area contributed by atoms with Crippen molar-refractivity contribution in [3.63, 3.8) is 0 Å². The lowest BCUT2D eigenvalue weighted by Gasteiger charge is -2.35. The number of benzene rings is 2. The van der Waals surface area contributed by atoms with E-state index in [1.54, 1.807) is 0 Å². The van der Waals surface area contributed by atoms with Gasteiger partial charge in [-0.1, -0.05) is 0 Å². The molecule has 1 N–H and O–H groups in total. The lowest BCUT2D eigenvalue weighted by atomic mass is 9.98. The van der Waals surface area contributed by atoms with E-state index in [1.165, 1.54) is 36.4 Å². The highest BCUT2D eigenvalue weighted by Crippen LogP contribution is 2.36. The molecule has 1 amide bonds. The maximum Gasteiger partial charge on any atom is 0.573 e. The summed E-state index contributed by atoms with van der Waals surface area (Å²) in [4.78, 5) is 18.4. The van der Waals surface area contributed by atoms with Crippen LogP contribution in [0, 0.1) is 0 Å². The molecule has 0 aromatic heterocycles. The predicted octanol–water partition coefficient (Wildman–Crippen LogP) is 4.27. The van der Waals surface area contributed by atoms with Crippen LogP contribution in [0.1, 0.15) is 32.1 Å². The number of halogens is 3. The third kappa shape index (κ3) is 6.53. The predicted molar refractivity (Wildman–Crippen MR) is 122 cm³/mol. The molecule has 0 bridgehead atoms. The highest BCUT2D eigenvalue weighted by molar-refractivity contribution is 7.93. The van der Waals surface area contributed by atoms with Crippen molar-refractivity contribution in [1.29, 1.82) is 0 Å². The molecule has 2 fully saturated rings. The average Bonchev–Trinajstić information content (AvgIpc) is 2.89. The number of hydrogen-bond donors (Lipinski definition) is 1. The van der Waals surface area contributed by atoms with E-state index in [0.717, 1.165) is 25.0 Å². The van der Waals surface area contributed by atoms with Crippen LogP contribution in [0.2, 0.25) is 0 Å². The van der Waals surface area contributed by atoms with Crippen LogP contribution in [0.4, 0.5) is 13.2 Å². The molecule has 4 rings (SSSR count). The summed E-state index contributed by atoms with van der Waals surface area (Å²) in [5, 5.41) is 0. The smallest absolute Gasteiger partial charge is 0.457 e. The molecule has 0 spiro atoms. The molecule has 2 saturated heterocycles. The first kappa shape index (κ1) is 27.2. The monoisotopic (exact) mass is 545 g/mol. The van der Waals surface area contributed by atoms with Gasteiger partial charge >= 0.3 is 6.36 Å². The molecule has 2 aromatic rings. The minimum Gasteiger partial charge on any atom is -0.457 e. The fourth-order valence-corrected chi connectivity index (χ4v) is 6.03. The second-order valence-corrected chi connectivity index (χ2v) is 10.8. The van der Waals surface area contributed by atoms with E-state index in [9.17, 15) is 26.4 Å². The van der Waals surface area contributed by atoms with Gasteiger partial charge in [0.1, 0.15) is 17.2 Å². The van der Waals surface area contributed by atoms with Crippen LogP contribution in [0.25, 0.3) is 0 Å². The molecular formula is C24H26F3NO8S. The molecular weight excluding hydrogens is 519 g/mol. The molecule has 0 aliphatic carbocycles. The van der Waals surface area contributed by atoms with Crippen molar-refractivity contribution in [2.75, 3.05) is 19.8 Å². The number of hydroxylamine groups is 1. The van der Waals surface area contributed by atoms with Crippen LogP contribution in [-0.4, -0.2) is 51.5 Å². The van der Waals surface area contributed by atoms with Crippen molar-refractivity contribution >= 4 is 15.7 Å². The SMILES string of the molecule is O=C(NOC1CCCCO1)C1(S(=O)(=O)c2ccc(Oc3ccc(OC(F)(F)F)cc3)cc2)CCOCC1. The Labute approximate surface area is 211 Å². The fourth-order valence-electron chi connectivity index (χ4n) is 4.09. The molecule has 0 radical (unpaired) electrons. The fraction of sp³-hybridized carbons (Fsp3) is 0.458. The summed E-state index contributed by atoms with van der Waals surface area (Å²) in [6.07, 6.45) is -3.20. The Bertz CT molecular complexity index is 1160. The first-order valence-electron chi connectivity index (χ1n) is 11.6. The van der Waals surface area contributed by atoms with Crippen LogP contribution in [0.5, 0.6) is 17.2 Å². The lowest BCUT2D eigenvalue weighted by Crippen LogP contribution is -2.56. The van der Waals surface area contributed by atoms with Gasteiger partial charge in [0.25, 0.3) is 5.91 Å². The largest absolute Gasteiger partial charge is 0.573 e. The summed E-state index contributed by atoms with van der Waals surface area (Å²) in [6, 6.07) is 10.1. The third-order valence-electron chi connectivity index (χ3n) is 6.08. The van der Waals surface area contributed by atoms with Crippen molar-refractivity contribution in [3.05, 3.63) is 48.5 Å². The number of alkyl halides is 3. The molecule has 2 heterocycles. The van der Waals surface area contributed by atoms with Gasteiger partial charge in [-0.3, -0.25) is 4.79 Å². The van der Waals surface area contributed by atoms with Crippen molar-refractivity contribution in [2.45, 2.75) is 54.4 Å². The van der Waals surface area contributed by atoms with Gasteiger partial charge in [0.15, 0.2) is 20.9 Å². The summed E-state index contributed by atoms with van der Waals surface area (Å²) in [6.45, 7) is 0.668. The van der Waals surface area contributed by atoms with E-state index in [0.29, 0.717) is 13.0 Å². The molecule has 202 valence electrons. The van der Waals surface area contributed by atoms with E-state index < -0.39 is 38.9 Å². The average molecular weight is 546 g/mol. The number of carbonyl (C=O) groups excluding carboxylic acids is 1. The summed E-state index contributed by atoms with van der Waals surface area (Å²) >= 11 is 0. The van der Waals surface area contributed by atoms with Crippen LogP contribution < -0.4 is 15.0 Å². The number of rotatable bonds is 8. The van der Waals surface area contributed by atoms with Crippen LogP contribution in [0.15, 0.2) is 53.4 Å². The summed E-state index contributed by atoms with van der Waals surface area (Å²) in [7, 11) is -4.18. The number of carbonyl (C=O) groups is 1. The van der Waals surface area contributed by atoms with E-state index in [4.69, 9.17) is 19.0 Å². The zero-order valence-electron chi connectivity index (χ0n) is 19.7. The highest BCUT2D eigenvalue weighted by Gasteiger charge is 2.52. The molecule has 1 atom stereocenters. The van der Waals surface area contributed by atoms with E-state index in [2.05, 4.69) is 10.2 Å². The maximum absolute atomic E-state index is 13.7. The van der Waals surface area contributed by atoms with Crippen molar-refractivity contribution in [1.82, 2.24) is 5.48 Å². The molecule has 9 nitrogen and oxygen atoms in total. The van der Waals surface area contributed by atoms with E-state index in [-0.39, 0.29) is 42.4 Å². The quantitative estimate of drug-likeness (QED) is 0.490.